The first kappa shape index (κ1) is 19.5. The van der Waals surface area contributed by atoms with Crippen LogP contribution in [-0.4, -0.2) is 27.8 Å². The molecule has 30 heavy (non-hydrogen) atoms. The van der Waals surface area contributed by atoms with Crippen LogP contribution < -0.4 is 5.32 Å². The SMILES string of the molecule is CC(C)CNC(=O)C12CCC(C(=O)CC3c4ccccc4-c4cncn43)(CC1)CC2. The lowest BCUT2D eigenvalue weighted by atomic mass is 9.51. The van der Waals surface area contributed by atoms with Crippen LogP contribution in [0.1, 0.15) is 70.4 Å². The van der Waals surface area contributed by atoms with Gasteiger partial charge >= 0.3 is 0 Å². The van der Waals surface area contributed by atoms with Gasteiger partial charge in [0.2, 0.25) is 5.91 Å². The van der Waals surface area contributed by atoms with E-state index < -0.39 is 0 Å². The number of ketones is 1. The number of carbonyl (C=O) groups excluding carboxylic acids is 2. The van der Waals surface area contributed by atoms with Crippen LogP contribution in [0.2, 0.25) is 0 Å². The summed E-state index contributed by atoms with van der Waals surface area (Å²) in [4.78, 5) is 30.8. The Labute approximate surface area is 178 Å². The minimum Gasteiger partial charge on any atom is -0.355 e. The highest BCUT2D eigenvalue weighted by Gasteiger charge is 2.55. The highest BCUT2D eigenvalue weighted by molar-refractivity contribution is 5.89. The number of carbonyl (C=O) groups is 2. The minimum atomic E-state index is -0.242. The minimum absolute atomic E-state index is 0.0449. The number of hydrogen-bond donors (Lipinski definition) is 1. The molecule has 1 aromatic carbocycles. The smallest absolute Gasteiger partial charge is 0.226 e. The van der Waals surface area contributed by atoms with E-state index >= 15 is 0 Å². The molecular formula is C25H31N3O2. The Morgan fingerprint density at radius 2 is 1.77 bits per heavy atom. The van der Waals surface area contributed by atoms with Crippen molar-refractivity contribution in [3.05, 3.63) is 42.4 Å². The lowest BCUT2D eigenvalue weighted by Gasteiger charge is -2.51. The van der Waals surface area contributed by atoms with E-state index in [0.717, 1.165) is 50.8 Å². The van der Waals surface area contributed by atoms with Crippen molar-refractivity contribution in [2.24, 2.45) is 16.7 Å². The van der Waals surface area contributed by atoms with Crippen LogP contribution in [0.3, 0.4) is 0 Å². The molecular weight excluding hydrogens is 374 g/mol. The fraction of sp³-hybridized carbons (Fsp3) is 0.560. The van der Waals surface area contributed by atoms with Gasteiger partial charge in [-0.15, -0.1) is 0 Å². The number of Topliss-reactive ketones (excluding diaryl/α,β-unsaturated/α-hetero) is 1. The Balaban J connectivity index is 1.31. The zero-order chi connectivity index (χ0) is 20.9. The monoisotopic (exact) mass is 405 g/mol. The molecule has 3 aliphatic carbocycles. The Morgan fingerprint density at radius 3 is 2.47 bits per heavy atom. The summed E-state index contributed by atoms with van der Waals surface area (Å²) < 4.78 is 2.16. The maximum Gasteiger partial charge on any atom is 0.226 e. The summed E-state index contributed by atoms with van der Waals surface area (Å²) in [7, 11) is 0. The van der Waals surface area contributed by atoms with Gasteiger partial charge in [0.15, 0.2) is 0 Å². The van der Waals surface area contributed by atoms with Crippen LogP contribution in [0.25, 0.3) is 11.3 Å². The van der Waals surface area contributed by atoms with Crippen LogP contribution >= 0.6 is 0 Å². The van der Waals surface area contributed by atoms with Gasteiger partial charge in [-0.2, -0.15) is 0 Å². The van der Waals surface area contributed by atoms with Gasteiger partial charge in [0.05, 0.1) is 24.3 Å². The zero-order valence-electron chi connectivity index (χ0n) is 18.0. The summed E-state index contributed by atoms with van der Waals surface area (Å²) in [6.45, 7) is 4.98. The van der Waals surface area contributed by atoms with Gasteiger partial charge in [-0.1, -0.05) is 38.1 Å². The Bertz CT molecular complexity index is 965. The van der Waals surface area contributed by atoms with Crippen molar-refractivity contribution in [2.75, 3.05) is 6.54 Å². The Hall–Kier alpha value is -2.43. The van der Waals surface area contributed by atoms with Gasteiger partial charge in [-0.25, -0.2) is 4.98 Å². The molecule has 158 valence electrons. The fourth-order valence-electron chi connectivity index (χ4n) is 5.96. The maximum absolute atomic E-state index is 13.6. The molecule has 2 aromatic rings. The number of nitrogens with one attached hydrogen (secondary N) is 1. The van der Waals surface area contributed by atoms with E-state index in [0.29, 0.717) is 18.1 Å². The molecule has 1 amide bonds. The van der Waals surface area contributed by atoms with E-state index in [1.807, 2.05) is 18.6 Å². The standard InChI is InChI=1S/C25H31N3O2/c1-17(2)14-27-23(30)25-10-7-24(8-11-25,9-12-25)22(29)13-20-18-5-3-4-6-19(18)21-15-26-16-28(20)21/h3-6,15-17,20H,7-14H2,1-2H3,(H,27,30). The first-order valence-corrected chi connectivity index (χ1v) is 11.4. The molecule has 2 heterocycles. The van der Waals surface area contributed by atoms with Gasteiger partial charge in [0.1, 0.15) is 5.78 Å². The summed E-state index contributed by atoms with van der Waals surface area (Å²) in [6, 6.07) is 8.41. The molecule has 3 fully saturated rings. The molecule has 2 bridgehead atoms. The third-order valence-electron chi connectivity index (χ3n) is 7.97. The van der Waals surface area contributed by atoms with E-state index in [1.54, 1.807) is 0 Å². The molecule has 1 aliphatic heterocycles. The van der Waals surface area contributed by atoms with Crippen LogP contribution in [0.4, 0.5) is 0 Å². The third kappa shape index (κ3) is 2.93. The van der Waals surface area contributed by atoms with Gasteiger partial charge in [0, 0.05) is 29.4 Å². The molecule has 1 atom stereocenters. The van der Waals surface area contributed by atoms with Gasteiger partial charge < -0.3 is 9.88 Å². The second-order valence-electron chi connectivity index (χ2n) is 10.1. The first-order valence-electron chi connectivity index (χ1n) is 11.4. The van der Waals surface area contributed by atoms with Crippen molar-refractivity contribution in [1.82, 2.24) is 14.9 Å². The van der Waals surface area contributed by atoms with E-state index in [4.69, 9.17) is 0 Å². The molecule has 6 rings (SSSR count). The number of fused-ring (bicyclic) bond motifs is 6. The summed E-state index contributed by atoms with van der Waals surface area (Å²) in [5.41, 5.74) is 3.05. The molecule has 1 aromatic heterocycles. The van der Waals surface area contributed by atoms with Gasteiger partial charge in [-0.3, -0.25) is 9.59 Å². The highest BCUT2D eigenvalue weighted by atomic mass is 16.2. The average molecular weight is 406 g/mol. The molecule has 3 saturated carbocycles. The molecule has 5 nitrogen and oxygen atoms in total. The molecule has 0 saturated heterocycles. The highest BCUT2D eigenvalue weighted by Crippen LogP contribution is 2.58. The van der Waals surface area contributed by atoms with Crippen molar-refractivity contribution in [3.63, 3.8) is 0 Å². The Kier molecular flexibility index (Phi) is 4.60. The lowest BCUT2D eigenvalue weighted by molar-refractivity contribution is -0.149. The van der Waals surface area contributed by atoms with Crippen LogP contribution in [0.15, 0.2) is 36.8 Å². The number of imidazole rings is 1. The Morgan fingerprint density at radius 1 is 1.10 bits per heavy atom. The average Bonchev–Trinajstić information content (AvgIpc) is 3.36. The summed E-state index contributed by atoms with van der Waals surface area (Å²) in [5, 5.41) is 3.15. The predicted molar refractivity (Wildman–Crippen MR) is 116 cm³/mol. The second kappa shape index (κ2) is 7.07. The topological polar surface area (TPSA) is 64.0 Å². The number of nitrogens with zero attached hydrogens (tertiary/aromatic N) is 2. The van der Waals surface area contributed by atoms with E-state index in [9.17, 15) is 9.59 Å². The summed E-state index contributed by atoms with van der Waals surface area (Å²) in [5.74, 6) is 1.05. The van der Waals surface area contributed by atoms with Crippen LogP contribution in [0, 0.1) is 16.7 Å². The fourth-order valence-corrected chi connectivity index (χ4v) is 5.96. The van der Waals surface area contributed by atoms with Crippen LogP contribution in [-0.2, 0) is 9.59 Å². The normalized spacial score (nSPS) is 29.0. The van der Waals surface area contributed by atoms with Crippen molar-refractivity contribution in [3.8, 4) is 11.3 Å². The number of hydrogen-bond acceptors (Lipinski definition) is 3. The summed E-state index contributed by atoms with van der Waals surface area (Å²) in [6.07, 6.45) is 9.38. The molecule has 5 heteroatoms. The quantitative estimate of drug-likeness (QED) is 0.768. The molecule has 0 radical (unpaired) electrons. The number of benzene rings is 1. The first-order chi connectivity index (χ1) is 14.4. The van der Waals surface area contributed by atoms with Crippen molar-refractivity contribution >= 4 is 11.7 Å². The van der Waals surface area contributed by atoms with Crippen LogP contribution in [0.5, 0.6) is 0 Å². The van der Waals surface area contributed by atoms with Gasteiger partial charge in [-0.05, 0) is 50.0 Å². The van der Waals surface area contributed by atoms with Crippen molar-refractivity contribution in [2.45, 2.75) is 64.8 Å². The van der Waals surface area contributed by atoms with E-state index in [1.165, 1.54) is 11.1 Å². The third-order valence-corrected chi connectivity index (χ3v) is 7.97. The lowest BCUT2D eigenvalue weighted by Crippen LogP contribution is -2.53. The van der Waals surface area contributed by atoms with Crippen molar-refractivity contribution < 1.29 is 9.59 Å². The number of amides is 1. The molecule has 1 N–H and O–H groups in total. The number of aromatic nitrogens is 2. The summed E-state index contributed by atoms with van der Waals surface area (Å²) >= 11 is 0. The molecule has 1 unspecified atom stereocenters. The second-order valence-corrected chi connectivity index (χ2v) is 10.1. The maximum atomic E-state index is 13.6. The zero-order valence-corrected chi connectivity index (χ0v) is 18.0. The predicted octanol–water partition coefficient (Wildman–Crippen LogP) is 4.52. The van der Waals surface area contributed by atoms with Crippen molar-refractivity contribution in [1.29, 1.82) is 0 Å². The van der Waals surface area contributed by atoms with Gasteiger partial charge in [0.25, 0.3) is 0 Å². The van der Waals surface area contributed by atoms with E-state index in [-0.39, 0.29) is 22.8 Å². The molecule has 0 spiro atoms. The number of rotatable bonds is 6. The van der Waals surface area contributed by atoms with E-state index in [2.05, 4.69) is 46.9 Å². The largest absolute Gasteiger partial charge is 0.355 e. The molecule has 4 aliphatic rings.